The topological polar surface area (TPSA) is 63.3 Å². The van der Waals surface area contributed by atoms with Crippen LogP contribution in [0.3, 0.4) is 0 Å². The Hall–Kier alpha value is -2.82. The number of aryl methyl sites for hydroxylation is 1. The summed E-state index contributed by atoms with van der Waals surface area (Å²) in [6.45, 7) is 4.67. The smallest absolute Gasteiger partial charge is 0.281 e. The van der Waals surface area contributed by atoms with E-state index in [1.54, 1.807) is 10.9 Å². The van der Waals surface area contributed by atoms with Gasteiger partial charge in [0.05, 0.1) is 17.5 Å². The van der Waals surface area contributed by atoms with Crippen LogP contribution in [0.4, 0.5) is 0 Å². The van der Waals surface area contributed by atoms with Crippen LogP contribution in [0.2, 0.25) is 0 Å². The van der Waals surface area contributed by atoms with E-state index >= 15 is 0 Å². The normalized spacial score (nSPS) is 11.8. The lowest BCUT2D eigenvalue weighted by molar-refractivity contribution is 0.557. The Kier molecular flexibility index (Phi) is 4.79. The summed E-state index contributed by atoms with van der Waals surface area (Å²) in [5, 5.41) is 3.14. The number of aromatic nitrogens is 2. The Morgan fingerprint density at radius 2 is 2.00 bits per heavy atom. The molecule has 3 rings (SSSR count). The van der Waals surface area contributed by atoms with Gasteiger partial charge in [-0.15, -0.1) is 0 Å². The van der Waals surface area contributed by atoms with Crippen LogP contribution in [0, 0.1) is 6.92 Å². The van der Waals surface area contributed by atoms with E-state index in [2.05, 4.69) is 17.0 Å². The first-order valence-corrected chi connectivity index (χ1v) is 8.18. The van der Waals surface area contributed by atoms with Crippen molar-refractivity contribution in [2.24, 2.45) is 4.99 Å². The van der Waals surface area contributed by atoms with Gasteiger partial charge in [0.1, 0.15) is 5.71 Å². The van der Waals surface area contributed by atoms with E-state index < -0.39 is 0 Å². The average molecular weight is 323 g/mol. The molecule has 0 amide bonds. The number of nitrogens with zero attached hydrogens (tertiary/aromatic N) is 2. The zero-order valence-electron chi connectivity index (χ0n) is 14.0. The van der Waals surface area contributed by atoms with Crippen molar-refractivity contribution in [3.05, 3.63) is 76.1 Å². The SMILES string of the molecule is CCCCN=C(c1ccco1)c1c(C)[nH]n(-c2ccccc2)c1=O. The third-order valence-corrected chi connectivity index (χ3v) is 3.86. The maximum absolute atomic E-state index is 13.0. The predicted octanol–water partition coefficient (Wildman–Crippen LogP) is 3.70. The number of rotatable bonds is 6. The van der Waals surface area contributed by atoms with Crippen molar-refractivity contribution in [1.82, 2.24) is 9.78 Å². The fourth-order valence-electron chi connectivity index (χ4n) is 2.63. The van der Waals surface area contributed by atoms with Gasteiger partial charge in [-0.3, -0.25) is 14.9 Å². The number of benzene rings is 1. The number of aromatic amines is 1. The molecule has 3 aromatic rings. The highest BCUT2D eigenvalue weighted by atomic mass is 16.3. The van der Waals surface area contributed by atoms with E-state index in [0.29, 0.717) is 23.6 Å². The van der Waals surface area contributed by atoms with Crippen LogP contribution < -0.4 is 5.56 Å². The summed E-state index contributed by atoms with van der Waals surface area (Å²) >= 11 is 0. The Morgan fingerprint density at radius 3 is 2.67 bits per heavy atom. The second-order valence-electron chi connectivity index (χ2n) is 5.65. The molecule has 0 aliphatic heterocycles. The summed E-state index contributed by atoms with van der Waals surface area (Å²) in [6.07, 6.45) is 3.62. The number of hydrogen-bond donors (Lipinski definition) is 1. The Morgan fingerprint density at radius 1 is 1.21 bits per heavy atom. The van der Waals surface area contributed by atoms with Gasteiger partial charge in [0.15, 0.2) is 5.76 Å². The van der Waals surface area contributed by atoms with Gasteiger partial charge in [-0.05, 0) is 37.6 Å². The first-order chi connectivity index (χ1) is 11.7. The van der Waals surface area contributed by atoms with Gasteiger partial charge in [0.2, 0.25) is 0 Å². The molecule has 5 heteroatoms. The van der Waals surface area contributed by atoms with Crippen LogP contribution in [-0.2, 0) is 0 Å². The van der Waals surface area contributed by atoms with Crippen LogP contribution in [0.5, 0.6) is 0 Å². The lowest BCUT2D eigenvalue weighted by atomic mass is 10.1. The molecule has 1 aromatic carbocycles. The number of nitrogens with one attached hydrogen (secondary N) is 1. The van der Waals surface area contributed by atoms with Crippen LogP contribution >= 0.6 is 0 Å². The Labute approximate surface area is 140 Å². The van der Waals surface area contributed by atoms with Gasteiger partial charge in [0, 0.05) is 12.2 Å². The number of para-hydroxylation sites is 1. The standard InChI is InChI=1S/C19H21N3O2/c1-3-4-12-20-18(16-11-8-13-24-16)17-14(2)21-22(19(17)23)15-9-6-5-7-10-15/h5-11,13,21H,3-4,12H2,1-2H3. The van der Waals surface area contributed by atoms with Gasteiger partial charge >= 0.3 is 0 Å². The van der Waals surface area contributed by atoms with E-state index in [4.69, 9.17) is 4.42 Å². The first-order valence-electron chi connectivity index (χ1n) is 8.18. The molecular weight excluding hydrogens is 302 g/mol. The molecule has 2 aromatic heterocycles. The van der Waals surface area contributed by atoms with E-state index in [1.165, 1.54) is 0 Å². The van der Waals surface area contributed by atoms with Crippen molar-refractivity contribution < 1.29 is 4.42 Å². The van der Waals surface area contributed by atoms with Crippen molar-refractivity contribution in [1.29, 1.82) is 0 Å². The summed E-state index contributed by atoms with van der Waals surface area (Å²) in [7, 11) is 0. The van der Waals surface area contributed by atoms with E-state index in [1.807, 2.05) is 49.4 Å². The summed E-state index contributed by atoms with van der Waals surface area (Å²) in [6, 6.07) is 13.2. The number of furan rings is 1. The van der Waals surface area contributed by atoms with Gasteiger partial charge in [-0.1, -0.05) is 31.5 Å². The molecule has 0 aliphatic carbocycles. The summed E-state index contributed by atoms with van der Waals surface area (Å²) < 4.78 is 7.06. The average Bonchev–Trinajstić information content (AvgIpc) is 3.22. The molecule has 0 atom stereocenters. The van der Waals surface area contributed by atoms with Crippen molar-refractivity contribution in [3.8, 4) is 5.69 Å². The molecule has 5 nitrogen and oxygen atoms in total. The van der Waals surface area contributed by atoms with Crippen LogP contribution in [0.25, 0.3) is 5.69 Å². The second kappa shape index (κ2) is 7.17. The maximum atomic E-state index is 13.0. The highest BCUT2D eigenvalue weighted by molar-refractivity contribution is 6.11. The highest BCUT2D eigenvalue weighted by Crippen LogP contribution is 2.14. The molecule has 0 radical (unpaired) electrons. The lowest BCUT2D eigenvalue weighted by Crippen LogP contribution is -2.21. The molecule has 2 heterocycles. The second-order valence-corrected chi connectivity index (χ2v) is 5.65. The molecule has 0 spiro atoms. The molecule has 0 saturated carbocycles. The van der Waals surface area contributed by atoms with Crippen molar-refractivity contribution in [2.75, 3.05) is 6.54 Å². The van der Waals surface area contributed by atoms with Gasteiger partial charge in [0.25, 0.3) is 5.56 Å². The predicted molar refractivity (Wildman–Crippen MR) is 95.2 cm³/mol. The molecule has 0 fully saturated rings. The third kappa shape index (κ3) is 3.11. The number of hydrogen-bond acceptors (Lipinski definition) is 3. The zero-order valence-corrected chi connectivity index (χ0v) is 14.0. The van der Waals surface area contributed by atoms with Crippen molar-refractivity contribution in [3.63, 3.8) is 0 Å². The highest BCUT2D eigenvalue weighted by Gasteiger charge is 2.20. The molecule has 124 valence electrons. The minimum Gasteiger partial charge on any atom is -0.463 e. The molecule has 24 heavy (non-hydrogen) atoms. The van der Waals surface area contributed by atoms with Gasteiger partial charge in [-0.2, -0.15) is 0 Å². The monoisotopic (exact) mass is 323 g/mol. The van der Waals surface area contributed by atoms with E-state index in [9.17, 15) is 4.79 Å². The third-order valence-electron chi connectivity index (χ3n) is 3.86. The molecule has 0 unspecified atom stereocenters. The fraction of sp³-hybridized carbons (Fsp3) is 0.263. The molecular formula is C19H21N3O2. The number of H-pyrrole nitrogens is 1. The molecule has 0 bridgehead atoms. The number of unbranched alkanes of at least 4 members (excludes halogenated alkanes) is 1. The van der Waals surface area contributed by atoms with E-state index in [-0.39, 0.29) is 5.56 Å². The largest absolute Gasteiger partial charge is 0.463 e. The van der Waals surface area contributed by atoms with Gasteiger partial charge in [-0.25, -0.2) is 4.68 Å². The van der Waals surface area contributed by atoms with Crippen molar-refractivity contribution in [2.45, 2.75) is 26.7 Å². The lowest BCUT2D eigenvalue weighted by Gasteiger charge is -2.02. The fourth-order valence-corrected chi connectivity index (χ4v) is 2.63. The summed E-state index contributed by atoms with van der Waals surface area (Å²) in [5.74, 6) is 0.616. The summed E-state index contributed by atoms with van der Waals surface area (Å²) in [4.78, 5) is 17.6. The van der Waals surface area contributed by atoms with Crippen molar-refractivity contribution >= 4 is 5.71 Å². The molecule has 0 aliphatic rings. The maximum Gasteiger partial charge on any atom is 0.281 e. The minimum absolute atomic E-state index is 0.120. The van der Waals surface area contributed by atoms with E-state index in [0.717, 1.165) is 24.2 Å². The minimum atomic E-state index is -0.120. The number of aliphatic imine (C=N–C) groups is 1. The van der Waals surface area contributed by atoms with Gasteiger partial charge < -0.3 is 4.42 Å². The Balaban J connectivity index is 2.11. The zero-order chi connectivity index (χ0) is 16.9. The quantitative estimate of drug-likeness (QED) is 0.555. The summed E-state index contributed by atoms with van der Waals surface area (Å²) in [5.41, 5.74) is 2.62. The van der Waals surface area contributed by atoms with Crippen LogP contribution in [0.15, 0.2) is 62.9 Å². The van der Waals surface area contributed by atoms with Crippen LogP contribution in [0.1, 0.15) is 36.8 Å². The first kappa shape index (κ1) is 16.1. The molecule has 1 N–H and O–H groups in total. The van der Waals surface area contributed by atoms with Crippen LogP contribution in [-0.4, -0.2) is 22.0 Å². The molecule has 0 saturated heterocycles. The Bertz CT molecular complexity index is 871.